The average Bonchev–Trinajstić information content (AvgIpc) is 2.92. The molecule has 0 atom stereocenters. The highest BCUT2D eigenvalue weighted by atomic mass is 19.1. The van der Waals surface area contributed by atoms with Crippen molar-refractivity contribution in [3.05, 3.63) is 65.0 Å². The first kappa shape index (κ1) is 19.2. The molecule has 1 heterocycles. The number of halogens is 1. The van der Waals surface area contributed by atoms with E-state index >= 15 is 0 Å². The van der Waals surface area contributed by atoms with Gasteiger partial charge < -0.3 is 10.1 Å². The molecule has 144 valence electrons. The highest BCUT2D eigenvalue weighted by molar-refractivity contribution is 6.22. The first-order valence-electron chi connectivity index (χ1n) is 8.52. The summed E-state index contributed by atoms with van der Waals surface area (Å²) in [5.74, 6) is -2.73. The number of hydrogen-bond donors (Lipinski definition) is 1. The van der Waals surface area contributed by atoms with E-state index in [0.29, 0.717) is 5.69 Å². The topological polar surface area (TPSA) is 92.8 Å². The zero-order valence-electron chi connectivity index (χ0n) is 15.2. The molecule has 2 aromatic carbocycles. The van der Waals surface area contributed by atoms with Crippen molar-refractivity contribution >= 4 is 29.4 Å². The van der Waals surface area contributed by atoms with Crippen molar-refractivity contribution in [3.63, 3.8) is 0 Å². The molecule has 0 bridgehead atoms. The average molecular weight is 384 g/mol. The van der Waals surface area contributed by atoms with Crippen LogP contribution in [0.25, 0.3) is 0 Å². The molecule has 0 unspecified atom stereocenters. The zero-order chi connectivity index (χ0) is 20.4. The summed E-state index contributed by atoms with van der Waals surface area (Å²) in [5, 5.41) is 2.46. The predicted molar refractivity (Wildman–Crippen MR) is 97.4 cm³/mol. The summed E-state index contributed by atoms with van der Waals surface area (Å²) in [5.41, 5.74) is 0.770. The summed E-state index contributed by atoms with van der Waals surface area (Å²) in [4.78, 5) is 49.8. The number of imide groups is 1. The standard InChI is InChI=1S/C20H17FN2O5/c1-11(2)23-18(25)15-8-3-12(9-16(15)19(23)26)20(27)28-10-17(24)22-14-6-4-13(21)5-7-14/h3-9,11H,10H2,1-2H3,(H,22,24). The minimum atomic E-state index is -0.805. The van der Waals surface area contributed by atoms with Crippen LogP contribution in [0.2, 0.25) is 0 Å². The van der Waals surface area contributed by atoms with Gasteiger partial charge in [0, 0.05) is 11.7 Å². The van der Waals surface area contributed by atoms with E-state index in [0.717, 1.165) is 4.90 Å². The van der Waals surface area contributed by atoms with Gasteiger partial charge in [0.2, 0.25) is 0 Å². The van der Waals surface area contributed by atoms with E-state index in [1.54, 1.807) is 13.8 Å². The summed E-state index contributed by atoms with van der Waals surface area (Å²) in [6, 6.07) is 8.87. The molecule has 3 rings (SSSR count). The summed E-state index contributed by atoms with van der Waals surface area (Å²) in [6.45, 7) is 2.88. The van der Waals surface area contributed by atoms with Gasteiger partial charge in [0.05, 0.1) is 16.7 Å². The number of esters is 1. The molecule has 28 heavy (non-hydrogen) atoms. The van der Waals surface area contributed by atoms with Crippen LogP contribution in [-0.4, -0.2) is 41.2 Å². The van der Waals surface area contributed by atoms with E-state index in [2.05, 4.69) is 5.32 Å². The third kappa shape index (κ3) is 3.75. The molecule has 2 aromatic rings. The van der Waals surface area contributed by atoms with E-state index in [1.165, 1.54) is 42.5 Å². The molecule has 0 saturated heterocycles. The maximum absolute atomic E-state index is 12.9. The lowest BCUT2D eigenvalue weighted by molar-refractivity contribution is -0.119. The van der Waals surface area contributed by atoms with Crippen molar-refractivity contribution in [3.8, 4) is 0 Å². The van der Waals surface area contributed by atoms with Crippen LogP contribution in [0.3, 0.4) is 0 Å². The molecule has 1 N–H and O–H groups in total. The molecule has 0 saturated carbocycles. The molecule has 0 aromatic heterocycles. The number of nitrogens with one attached hydrogen (secondary N) is 1. The van der Waals surface area contributed by atoms with Gasteiger partial charge in [0.15, 0.2) is 6.61 Å². The maximum Gasteiger partial charge on any atom is 0.338 e. The molecule has 8 heteroatoms. The van der Waals surface area contributed by atoms with Gasteiger partial charge in [-0.2, -0.15) is 0 Å². The number of carbonyl (C=O) groups is 4. The van der Waals surface area contributed by atoms with Crippen LogP contribution < -0.4 is 5.32 Å². The van der Waals surface area contributed by atoms with Crippen LogP contribution >= 0.6 is 0 Å². The molecule has 0 spiro atoms. The van der Waals surface area contributed by atoms with E-state index in [9.17, 15) is 23.6 Å². The molecule has 7 nitrogen and oxygen atoms in total. The molecule has 3 amide bonds. The lowest BCUT2D eigenvalue weighted by Crippen LogP contribution is -2.35. The minimum Gasteiger partial charge on any atom is -0.452 e. The Bertz CT molecular complexity index is 969. The Morgan fingerprint density at radius 1 is 1.04 bits per heavy atom. The Kier molecular flexibility index (Phi) is 5.21. The Morgan fingerprint density at radius 2 is 1.68 bits per heavy atom. The number of carbonyl (C=O) groups excluding carboxylic acids is 4. The quantitative estimate of drug-likeness (QED) is 0.632. The minimum absolute atomic E-state index is 0.0556. The van der Waals surface area contributed by atoms with Crippen LogP contribution in [0.4, 0.5) is 10.1 Å². The van der Waals surface area contributed by atoms with Gasteiger partial charge in [-0.25, -0.2) is 9.18 Å². The number of fused-ring (bicyclic) bond motifs is 1. The molecular weight excluding hydrogens is 367 g/mol. The van der Waals surface area contributed by atoms with Gasteiger partial charge in [-0.1, -0.05) is 0 Å². The summed E-state index contributed by atoms with van der Waals surface area (Å²) in [6.07, 6.45) is 0. The molecule has 0 fully saturated rings. The largest absolute Gasteiger partial charge is 0.452 e. The van der Waals surface area contributed by atoms with E-state index in [4.69, 9.17) is 4.74 Å². The fourth-order valence-corrected chi connectivity index (χ4v) is 2.80. The zero-order valence-corrected chi connectivity index (χ0v) is 15.2. The second kappa shape index (κ2) is 7.59. The van der Waals surface area contributed by atoms with Crippen molar-refractivity contribution in [1.82, 2.24) is 4.90 Å². The van der Waals surface area contributed by atoms with Crippen LogP contribution in [-0.2, 0) is 9.53 Å². The van der Waals surface area contributed by atoms with Gasteiger partial charge >= 0.3 is 5.97 Å². The van der Waals surface area contributed by atoms with Gasteiger partial charge in [-0.3, -0.25) is 19.3 Å². The van der Waals surface area contributed by atoms with Crippen molar-refractivity contribution in [1.29, 1.82) is 0 Å². The van der Waals surface area contributed by atoms with Gasteiger partial charge in [-0.05, 0) is 56.3 Å². The number of anilines is 1. The van der Waals surface area contributed by atoms with E-state index < -0.39 is 36.1 Å². The third-order valence-corrected chi connectivity index (χ3v) is 4.13. The SMILES string of the molecule is CC(C)N1C(=O)c2ccc(C(=O)OCC(=O)Nc3ccc(F)cc3)cc2C1=O. The first-order valence-corrected chi connectivity index (χ1v) is 8.52. The Balaban J connectivity index is 1.64. The second-order valence-corrected chi connectivity index (χ2v) is 6.47. The summed E-state index contributed by atoms with van der Waals surface area (Å²) >= 11 is 0. The molecule has 1 aliphatic heterocycles. The van der Waals surface area contributed by atoms with Crippen LogP contribution in [0.1, 0.15) is 44.9 Å². The fraction of sp³-hybridized carbons (Fsp3) is 0.200. The van der Waals surface area contributed by atoms with Crippen molar-refractivity contribution in [2.24, 2.45) is 0 Å². The highest BCUT2D eigenvalue weighted by Crippen LogP contribution is 2.26. The number of nitrogens with zero attached hydrogens (tertiary/aromatic N) is 1. The van der Waals surface area contributed by atoms with Crippen molar-refractivity contribution in [2.45, 2.75) is 19.9 Å². The Hall–Kier alpha value is -3.55. The number of amides is 3. The number of benzene rings is 2. The van der Waals surface area contributed by atoms with Crippen LogP contribution in [0.5, 0.6) is 0 Å². The highest BCUT2D eigenvalue weighted by Gasteiger charge is 2.37. The van der Waals surface area contributed by atoms with Crippen molar-refractivity contribution in [2.75, 3.05) is 11.9 Å². The predicted octanol–water partition coefficient (Wildman–Crippen LogP) is 2.63. The monoisotopic (exact) mass is 384 g/mol. The van der Waals surface area contributed by atoms with Gasteiger partial charge in [0.25, 0.3) is 17.7 Å². The molecule has 0 aliphatic carbocycles. The Labute approximate surface area is 160 Å². The smallest absolute Gasteiger partial charge is 0.338 e. The molecule has 0 radical (unpaired) electrons. The molecule has 1 aliphatic rings. The molecular formula is C20H17FN2O5. The third-order valence-electron chi connectivity index (χ3n) is 4.13. The lowest BCUT2D eigenvalue weighted by Gasteiger charge is -2.17. The second-order valence-electron chi connectivity index (χ2n) is 6.47. The Morgan fingerprint density at radius 3 is 2.32 bits per heavy atom. The number of ether oxygens (including phenoxy) is 1. The van der Waals surface area contributed by atoms with Gasteiger partial charge in [-0.15, -0.1) is 0 Å². The van der Waals surface area contributed by atoms with Crippen LogP contribution in [0, 0.1) is 5.82 Å². The lowest BCUT2D eigenvalue weighted by atomic mass is 10.1. The summed E-state index contributed by atoms with van der Waals surface area (Å²) in [7, 11) is 0. The summed E-state index contributed by atoms with van der Waals surface area (Å²) < 4.78 is 17.8. The van der Waals surface area contributed by atoms with E-state index in [1.807, 2.05) is 0 Å². The first-order chi connectivity index (χ1) is 13.3. The maximum atomic E-state index is 12.9. The van der Waals surface area contributed by atoms with Gasteiger partial charge in [0.1, 0.15) is 5.82 Å². The van der Waals surface area contributed by atoms with E-state index in [-0.39, 0.29) is 22.7 Å². The number of rotatable bonds is 5. The fourth-order valence-electron chi connectivity index (χ4n) is 2.80. The number of hydrogen-bond acceptors (Lipinski definition) is 5. The van der Waals surface area contributed by atoms with Crippen LogP contribution in [0.15, 0.2) is 42.5 Å². The van der Waals surface area contributed by atoms with Crippen molar-refractivity contribution < 1.29 is 28.3 Å². The normalized spacial score (nSPS) is 12.9.